The third-order valence-electron chi connectivity index (χ3n) is 5.20. The summed E-state index contributed by atoms with van der Waals surface area (Å²) in [5.41, 5.74) is 4.46. The third-order valence-corrected chi connectivity index (χ3v) is 5.20. The standard InChI is InChI=1S/C23H25N3O/c1-17(2)15-26-21-11-7-6-10-20(21)24-23(26)19-14-22(27)25(16-19)13-12-18-8-4-3-5-9-18/h3-11,19H,1,12-16H2,2H3. The lowest BCUT2D eigenvalue weighted by molar-refractivity contribution is -0.127. The molecule has 1 saturated heterocycles. The molecule has 0 saturated carbocycles. The van der Waals surface area contributed by atoms with Crippen LogP contribution in [0.5, 0.6) is 0 Å². The summed E-state index contributed by atoms with van der Waals surface area (Å²) in [7, 11) is 0. The molecule has 0 N–H and O–H groups in total. The van der Waals surface area contributed by atoms with Crippen LogP contribution in [0, 0.1) is 0 Å². The molecule has 1 amide bonds. The Kier molecular flexibility index (Phi) is 4.80. The van der Waals surface area contributed by atoms with Crippen LogP contribution in [-0.2, 0) is 17.8 Å². The van der Waals surface area contributed by atoms with Crippen LogP contribution in [0.4, 0.5) is 0 Å². The number of carbonyl (C=O) groups excluding carboxylic acids is 1. The fourth-order valence-corrected chi connectivity index (χ4v) is 3.91. The number of imidazole rings is 1. The average Bonchev–Trinajstić information content (AvgIpc) is 3.21. The number of benzene rings is 2. The molecule has 2 heterocycles. The van der Waals surface area contributed by atoms with E-state index in [4.69, 9.17) is 4.98 Å². The first-order valence-corrected chi connectivity index (χ1v) is 9.53. The molecule has 138 valence electrons. The van der Waals surface area contributed by atoms with Gasteiger partial charge in [-0.25, -0.2) is 4.98 Å². The van der Waals surface area contributed by atoms with Crippen LogP contribution < -0.4 is 0 Å². The molecule has 1 atom stereocenters. The quantitative estimate of drug-likeness (QED) is 0.620. The van der Waals surface area contributed by atoms with E-state index in [0.29, 0.717) is 6.42 Å². The zero-order valence-electron chi connectivity index (χ0n) is 15.8. The van der Waals surface area contributed by atoms with Crippen molar-refractivity contribution in [1.29, 1.82) is 0 Å². The van der Waals surface area contributed by atoms with Gasteiger partial charge in [0.05, 0.1) is 11.0 Å². The summed E-state index contributed by atoms with van der Waals surface area (Å²) < 4.78 is 2.23. The van der Waals surface area contributed by atoms with E-state index in [1.54, 1.807) is 0 Å². The number of likely N-dealkylation sites (tertiary alicyclic amines) is 1. The second-order valence-corrected chi connectivity index (χ2v) is 7.48. The molecule has 4 rings (SSSR count). The van der Waals surface area contributed by atoms with Gasteiger partial charge in [-0.05, 0) is 31.0 Å². The van der Waals surface area contributed by atoms with Crippen molar-refractivity contribution in [2.75, 3.05) is 13.1 Å². The van der Waals surface area contributed by atoms with Crippen LogP contribution in [0.3, 0.4) is 0 Å². The molecular weight excluding hydrogens is 334 g/mol. The van der Waals surface area contributed by atoms with Gasteiger partial charge in [-0.15, -0.1) is 0 Å². The highest BCUT2D eigenvalue weighted by Crippen LogP contribution is 2.31. The van der Waals surface area contributed by atoms with Gasteiger partial charge in [-0.1, -0.05) is 54.6 Å². The summed E-state index contributed by atoms with van der Waals surface area (Å²) in [6.45, 7) is 8.35. The normalized spacial score (nSPS) is 17.0. The van der Waals surface area contributed by atoms with Gasteiger partial charge >= 0.3 is 0 Å². The Morgan fingerprint density at radius 3 is 2.67 bits per heavy atom. The predicted molar refractivity (Wildman–Crippen MR) is 109 cm³/mol. The monoisotopic (exact) mass is 359 g/mol. The van der Waals surface area contributed by atoms with Crippen LogP contribution in [0.15, 0.2) is 66.7 Å². The number of fused-ring (bicyclic) bond motifs is 1. The topological polar surface area (TPSA) is 38.1 Å². The number of allylic oxidation sites excluding steroid dienone is 1. The van der Waals surface area contributed by atoms with Crippen LogP contribution >= 0.6 is 0 Å². The average molecular weight is 359 g/mol. The van der Waals surface area contributed by atoms with E-state index in [-0.39, 0.29) is 11.8 Å². The van der Waals surface area contributed by atoms with E-state index in [1.807, 2.05) is 48.2 Å². The number of para-hydroxylation sites is 2. The van der Waals surface area contributed by atoms with Crippen molar-refractivity contribution < 1.29 is 4.79 Å². The van der Waals surface area contributed by atoms with E-state index >= 15 is 0 Å². The minimum atomic E-state index is 0.139. The lowest BCUT2D eigenvalue weighted by atomic mass is 10.1. The van der Waals surface area contributed by atoms with Crippen molar-refractivity contribution in [3.8, 4) is 0 Å². The van der Waals surface area contributed by atoms with E-state index in [1.165, 1.54) is 5.56 Å². The molecule has 2 aromatic carbocycles. The Hall–Kier alpha value is -2.88. The van der Waals surface area contributed by atoms with Crippen LogP contribution in [-0.4, -0.2) is 33.4 Å². The van der Waals surface area contributed by atoms with Crippen LogP contribution in [0.25, 0.3) is 11.0 Å². The maximum Gasteiger partial charge on any atom is 0.223 e. The van der Waals surface area contributed by atoms with E-state index in [0.717, 1.165) is 48.5 Å². The fraction of sp³-hybridized carbons (Fsp3) is 0.304. The summed E-state index contributed by atoms with van der Waals surface area (Å²) in [4.78, 5) is 19.5. The van der Waals surface area contributed by atoms with Gasteiger partial charge in [0.25, 0.3) is 0 Å². The second-order valence-electron chi connectivity index (χ2n) is 7.48. The first kappa shape index (κ1) is 17.5. The smallest absolute Gasteiger partial charge is 0.223 e. The maximum atomic E-state index is 12.6. The predicted octanol–water partition coefficient (Wildman–Crippen LogP) is 4.17. The summed E-state index contributed by atoms with van der Waals surface area (Å²) in [6, 6.07) is 18.5. The van der Waals surface area contributed by atoms with Gasteiger partial charge in [0.1, 0.15) is 5.82 Å². The number of aromatic nitrogens is 2. The van der Waals surface area contributed by atoms with E-state index < -0.39 is 0 Å². The second kappa shape index (κ2) is 7.39. The zero-order valence-corrected chi connectivity index (χ0v) is 15.8. The molecule has 1 aliphatic heterocycles. The Bertz CT molecular complexity index is 974. The summed E-state index contributed by atoms with van der Waals surface area (Å²) in [5.74, 6) is 1.37. The Morgan fingerprint density at radius 1 is 1.15 bits per heavy atom. The lowest BCUT2D eigenvalue weighted by Gasteiger charge is -2.17. The Labute approximate surface area is 160 Å². The number of hydrogen-bond donors (Lipinski definition) is 0. The molecular formula is C23H25N3O. The molecule has 1 fully saturated rings. The highest BCUT2D eigenvalue weighted by molar-refractivity contribution is 5.81. The van der Waals surface area contributed by atoms with Crippen molar-refractivity contribution in [2.45, 2.75) is 32.2 Å². The van der Waals surface area contributed by atoms with Crippen molar-refractivity contribution in [2.24, 2.45) is 0 Å². The first-order valence-electron chi connectivity index (χ1n) is 9.53. The Balaban J connectivity index is 1.55. The molecule has 0 aliphatic carbocycles. The van der Waals surface area contributed by atoms with E-state index in [9.17, 15) is 4.79 Å². The molecule has 1 aromatic heterocycles. The van der Waals surface area contributed by atoms with Crippen LogP contribution in [0.1, 0.15) is 30.7 Å². The third kappa shape index (κ3) is 3.65. The number of amides is 1. The van der Waals surface area contributed by atoms with E-state index in [2.05, 4.69) is 29.3 Å². The fourth-order valence-electron chi connectivity index (χ4n) is 3.91. The summed E-state index contributed by atoms with van der Waals surface area (Å²) >= 11 is 0. The van der Waals surface area contributed by atoms with Gasteiger partial charge in [0.2, 0.25) is 5.91 Å². The minimum Gasteiger partial charge on any atom is -0.342 e. The van der Waals surface area contributed by atoms with Gasteiger partial charge in [0.15, 0.2) is 0 Å². The number of nitrogens with zero attached hydrogens (tertiary/aromatic N) is 3. The lowest BCUT2D eigenvalue weighted by Crippen LogP contribution is -2.27. The number of hydrogen-bond acceptors (Lipinski definition) is 2. The summed E-state index contributed by atoms with van der Waals surface area (Å²) in [6.07, 6.45) is 1.43. The van der Waals surface area contributed by atoms with Gasteiger partial charge in [-0.2, -0.15) is 0 Å². The molecule has 3 aromatic rings. The van der Waals surface area contributed by atoms with Crippen molar-refractivity contribution in [3.05, 3.63) is 78.1 Å². The van der Waals surface area contributed by atoms with Gasteiger partial charge < -0.3 is 9.47 Å². The molecule has 4 nitrogen and oxygen atoms in total. The van der Waals surface area contributed by atoms with Gasteiger partial charge in [0, 0.05) is 32.0 Å². The first-order chi connectivity index (χ1) is 13.1. The molecule has 0 spiro atoms. The van der Waals surface area contributed by atoms with Crippen LogP contribution in [0.2, 0.25) is 0 Å². The van der Waals surface area contributed by atoms with Gasteiger partial charge in [-0.3, -0.25) is 4.79 Å². The molecule has 0 bridgehead atoms. The minimum absolute atomic E-state index is 0.139. The summed E-state index contributed by atoms with van der Waals surface area (Å²) in [5, 5.41) is 0. The largest absolute Gasteiger partial charge is 0.342 e. The molecule has 27 heavy (non-hydrogen) atoms. The highest BCUT2D eigenvalue weighted by Gasteiger charge is 2.33. The Morgan fingerprint density at radius 2 is 1.89 bits per heavy atom. The SMILES string of the molecule is C=C(C)Cn1c(C2CC(=O)N(CCc3ccccc3)C2)nc2ccccc21. The highest BCUT2D eigenvalue weighted by atomic mass is 16.2. The molecule has 4 heteroatoms. The molecule has 1 aliphatic rings. The molecule has 1 unspecified atom stereocenters. The molecule has 0 radical (unpaired) electrons. The van der Waals surface area contributed by atoms with Crippen molar-refractivity contribution in [3.63, 3.8) is 0 Å². The number of carbonyl (C=O) groups is 1. The zero-order chi connectivity index (χ0) is 18.8. The number of rotatable bonds is 6. The van der Waals surface area contributed by atoms with Crippen molar-refractivity contribution in [1.82, 2.24) is 14.5 Å². The maximum absolute atomic E-state index is 12.6. The van der Waals surface area contributed by atoms with Crippen molar-refractivity contribution >= 4 is 16.9 Å².